The van der Waals surface area contributed by atoms with E-state index in [2.05, 4.69) is 64.0 Å². The van der Waals surface area contributed by atoms with Crippen molar-refractivity contribution in [1.29, 1.82) is 0 Å². The van der Waals surface area contributed by atoms with E-state index in [1.165, 1.54) is 5.56 Å². The summed E-state index contributed by atoms with van der Waals surface area (Å²) >= 11 is 1.79. The largest absolute Gasteiger partial charge is 0.356 e. The van der Waals surface area contributed by atoms with Gasteiger partial charge >= 0.3 is 0 Å². The molecule has 1 aromatic rings. The normalized spacial score (nSPS) is 19.8. The van der Waals surface area contributed by atoms with E-state index in [1.807, 2.05) is 0 Å². The minimum Gasteiger partial charge on any atom is -0.356 e. The van der Waals surface area contributed by atoms with Gasteiger partial charge in [-0.05, 0) is 25.2 Å². The topological polar surface area (TPSA) is 60.0 Å². The average Bonchev–Trinajstić information content (AvgIpc) is 2.99. The zero-order valence-electron chi connectivity index (χ0n) is 17.4. The zero-order chi connectivity index (χ0) is 19.6. The van der Waals surface area contributed by atoms with E-state index < -0.39 is 0 Å². The highest BCUT2D eigenvalue weighted by Crippen LogP contribution is 2.20. The van der Waals surface area contributed by atoms with Crippen LogP contribution in [-0.2, 0) is 11.3 Å². The Morgan fingerprint density at radius 1 is 1.32 bits per heavy atom. The van der Waals surface area contributed by atoms with Crippen LogP contribution in [0.2, 0.25) is 0 Å². The van der Waals surface area contributed by atoms with Crippen molar-refractivity contribution < 1.29 is 4.79 Å². The molecule has 6 nitrogen and oxygen atoms in total. The monoisotopic (exact) mass is 519 g/mol. The van der Waals surface area contributed by atoms with Gasteiger partial charge < -0.3 is 15.5 Å². The van der Waals surface area contributed by atoms with Gasteiger partial charge in [-0.1, -0.05) is 30.3 Å². The maximum absolute atomic E-state index is 11.9. The summed E-state index contributed by atoms with van der Waals surface area (Å²) in [6.07, 6.45) is 3.15. The third kappa shape index (κ3) is 8.57. The summed E-state index contributed by atoms with van der Waals surface area (Å²) in [6, 6.07) is 11.4. The minimum absolute atomic E-state index is 0. The molecule has 0 bridgehead atoms. The number of carbonyl (C=O) groups excluding carboxylic acids is 1. The van der Waals surface area contributed by atoms with E-state index in [9.17, 15) is 4.79 Å². The summed E-state index contributed by atoms with van der Waals surface area (Å²) in [5.41, 5.74) is 1.34. The number of benzene rings is 1. The summed E-state index contributed by atoms with van der Waals surface area (Å²) in [5, 5.41) is 6.88. The molecule has 28 heavy (non-hydrogen) atoms. The number of rotatable bonds is 8. The Labute approximate surface area is 190 Å². The van der Waals surface area contributed by atoms with Crippen molar-refractivity contribution in [2.75, 3.05) is 45.7 Å². The van der Waals surface area contributed by atoms with Crippen molar-refractivity contribution >= 4 is 47.6 Å². The van der Waals surface area contributed by atoms with Gasteiger partial charge in [0.05, 0.1) is 0 Å². The van der Waals surface area contributed by atoms with Crippen molar-refractivity contribution in [3.63, 3.8) is 0 Å². The molecule has 0 radical (unpaired) electrons. The number of nitrogens with one attached hydrogen (secondary N) is 2. The predicted molar refractivity (Wildman–Crippen MR) is 131 cm³/mol. The molecule has 0 spiro atoms. The molecule has 1 aromatic carbocycles. The van der Waals surface area contributed by atoms with E-state index in [0.717, 1.165) is 37.8 Å². The molecular weight excluding hydrogens is 485 g/mol. The number of aliphatic imine (C=N–C) groups is 1. The molecule has 1 aliphatic rings. The van der Waals surface area contributed by atoms with E-state index in [1.54, 1.807) is 30.8 Å². The number of hydrogen-bond acceptors (Lipinski definition) is 4. The van der Waals surface area contributed by atoms with Crippen molar-refractivity contribution in [3.05, 3.63) is 35.9 Å². The molecule has 1 fully saturated rings. The molecule has 8 heteroatoms. The lowest BCUT2D eigenvalue weighted by Crippen LogP contribution is -2.45. The van der Waals surface area contributed by atoms with Crippen LogP contribution >= 0.6 is 35.7 Å². The number of likely N-dealkylation sites (tertiary alicyclic amines) is 1. The quantitative estimate of drug-likeness (QED) is 0.239. The fourth-order valence-corrected chi connectivity index (χ4v) is 3.45. The number of halogens is 1. The molecule has 2 rings (SSSR count). The van der Waals surface area contributed by atoms with Crippen LogP contribution in [0.4, 0.5) is 0 Å². The van der Waals surface area contributed by atoms with Crippen molar-refractivity contribution in [1.82, 2.24) is 20.4 Å². The van der Waals surface area contributed by atoms with Crippen molar-refractivity contribution in [3.8, 4) is 0 Å². The first-order valence-corrected chi connectivity index (χ1v) is 10.9. The van der Waals surface area contributed by atoms with Crippen LogP contribution in [0.15, 0.2) is 35.3 Å². The molecular formula is C20H34IN5OS. The van der Waals surface area contributed by atoms with Gasteiger partial charge in [0.1, 0.15) is 6.54 Å². The van der Waals surface area contributed by atoms with Crippen molar-refractivity contribution in [2.24, 2.45) is 4.99 Å². The van der Waals surface area contributed by atoms with Gasteiger partial charge in [-0.3, -0.25) is 9.69 Å². The SMILES string of the molecule is CSCCNC(=NCC(=O)N(C)C)NC1CC(C)N(Cc2ccccc2)C1.I. The lowest BCUT2D eigenvalue weighted by atomic mass is 10.2. The second-order valence-corrected chi connectivity index (χ2v) is 8.20. The van der Waals surface area contributed by atoms with E-state index in [4.69, 9.17) is 0 Å². The van der Waals surface area contributed by atoms with Gasteiger partial charge in [0.2, 0.25) is 5.91 Å². The van der Waals surface area contributed by atoms with Crippen LogP contribution in [0.1, 0.15) is 18.9 Å². The molecule has 0 aliphatic carbocycles. The smallest absolute Gasteiger partial charge is 0.243 e. The lowest BCUT2D eigenvalue weighted by molar-refractivity contribution is -0.127. The fourth-order valence-electron chi connectivity index (χ4n) is 3.15. The molecule has 158 valence electrons. The summed E-state index contributed by atoms with van der Waals surface area (Å²) in [7, 11) is 3.51. The Kier molecular flexibility index (Phi) is 11.9. The number of hydrogen-bond donors (Lipinski definition) is 2. The van der Waals surface area contributed by atoms with Gasteiger partial charge in [0.15, 0.2) is 5.96 Å². The molecule has 2 N–H and O–H groups in total. The molecule has 0 aromatic heterocycles. The highest BCUT2D eigenvalue weighted by Gasteiger charge is 2.29. The number of carbonyl (C=O) groups is 1. The minimum atomic E-state index is 0. The Morgan fingerprint density at radius 3 is 2.68 bits per heavy atom. The first-order valence-electron chi connectivity index (χ1n) is 9.51. The van der Waals surface area contributed by atoms with Gasteiger partial charge in [-0.2, -0.15) is 11.8 Å². The Balaban J connectivity index is 0.00000392. The summed E-state index contributed by atoms with van der Waals surface area (Å²) in [5.74, 6) is 1.74. The highest BCUT2D eigenvalue weighted by molar-refractivity contribution is 14.0. The molecule has 2 unspecified atom stereocenters. The van der Waals surface area contributed by atoms with Crippen molar-refractivity contribution in [2.45, 2.75) is 32.0 Å². The van der Waals surface area contributed by atoms with Gasteiger partial charge in [-0.15, -0.1) is 24.0 Å². The molecule has 2 atom stereocenters. The Bertz CT molecular complexity index is 614. The summed E-state index contributed by atoms with van der Waals surface area (Å²) in [6.45, 7) is 5.21. The van der Waals surface area contributed by atoms with Crippen LogP contribution in [0.25, 0.3) is 0 Å². The third-order valence-corrected chi connectivity index (χ3v) is 5.36. The number of nitrogens with zero attached hydrogens (tertiary/aromatic N) is 3. The van der Waals surface area contributed by atoms with Gasteiger partial charge in [0, 0.05) is 51.6 Å². The van der Waals surface area contributed by atoms with Crippen LogP contribution in [-0.4, -0.2) is 79.5 Å². The Morgan fingerprint density at radius 2 is 2.04 bits per heavy atom. The average molecular weight is 519 g/mol. The second-order valence-electron chi connectivity index (χ2n) is 7.21. The van der Waals surface area contributed by atoms with Gasteiger partial charge in [0.25, 0.3) is 0 Å². The molecule has 1 amide bonds. The maximum atomic E-state index is 11.9. The standard InChI is InChI=1S/C20H33N5OS.HI/c1-16-12-18(15-25(16)14-17-8-6-5-7-9-17)23-20(21-10-11-27-4)22-13-19(26)24(2)3;/h5-9,16,18H,10-15H2,1-4H3,(H2,21,22,23);1H. The van der Waals surface area contributed by atoms with E-state index in [-0.39, 0.29) is 36.4 Å². The van der Waals surface area contributed by atoms with E-state index >= 15 is 0 Å². The summed E-state index contributed by atoms with van der Waals surface area (Å²) < 4.78 is 0. The first-order chi connectivity index (χ1) is 13.0. The van der Waals surface area contributed by atoms with Crippen LogP contribution in [0, 0.1) is 0 Å². The molecule has 1 aliphatic heterocycles. The van der Waals surface area contributed by atoms with Gasteiger partial charge in [-0.25, -0.2) is 4.99 Å². The number of thioether (sulfide) groups is 1. The molecule has 1 saturated heterocycles. The van der Waals surface area contributed by atoms with Crippen LogP contribution in [0.3, 0.4) is 0 Å². The summed E-state index contributed by atoms with van der Waals surface area (Å²) in [4.78, 5) is 20.4. The molecule has 1 heterocycles. The third-order valence-electron chi connectivity index (χ3n) is 4.74. The Hall–Kier alpha value is -1.000. The second kappa shape index (κ2) is 13.3. The highest BCUT2D eigenvalue weighted by atomic mass is 127. The fraction of sp³-hybridized carbons (Fsp3) is 0.600. The molecule has 0 saturated carbocycles. The predicted octanol–water partition coefficient (Wildman–Crippen LogP) is 2.25. The first kappa shape index (κ1) is 25.0. The number of likely N-dealkylation sites (N-methyl/N-ethyl adjacent to an activating group) is 1. The number of amides is 1. The zero-order valence-corrected chi connectivity index (χ0v) is 20.5. The van der Waals surface area contributed by atoms with E-state index in [0.29, 0.717) is 12.1 Å². The number of guanidine groups is 1. The van der Waals surface area contributed by atoms with Crippen LogP contribution in [0.5, 0.6) is 0 Å². The lowest BCUT2D eigenvalue weighted by Gasteiger charge is -2.21. The maximum Gasteiger partial charge on any atom is 0.243 e. The van der Waals surface area contributed by atoms with Crippen LogP contribution < -0.4 is 10.6 Å².